The van der Waals surface area contributed by atoms with Crippen LogP contribution in [0.1, 0.15) is 0 Å². The van der Waals surface area contributed by atoms with Crippen LogP contribution in [0.5, 0.6) is 5.75 Å². The lowest BCUT2D eigenvalue weighted by Gasteiger charge is -2.07. The summed E-state index contributed by atoms with van der Waals surface area (Å²) < 4.78 is 5.08. The molecule has 0 bridgehead atoms. The molecule has 6 heteroatoms. The Morgan fingerprint density at radius 2 is 2.18 bits per heavy atom. The fourth-order valence-electron chi connectivity index (χ4n) is 1.41. The number of nitrogens with two attached hydrogens (primary N) is 1. The molecule has 0 saturated carbocycles. The van der Waals surface area contributed by atoms with Crippen LogP contribution >= 0.6 is 11.6 Å². The number of rotatable bonds is 3. The maximum Gasteiger partial charge on any atom is 0.237 e. The Morgan fingerprint density at radius 1 is 1.35 bits per heavy atom. The van der Waals surface area contributed by atoms with Crippen LogP contribution in [-0.4, -0.2) is 17.1 Å². The van der Waals surface area contributed by atoms with Gasteiger partial charge >= 0.3 is 0 Å². The summed E-state index contributed by atoms with van der Waals surface area (Å²) in [6.45, 7) is 0. The van der Waals surface area contributed by atoms with E-state index >= 15 is 0 Å². The molecule has 0 aliphatic heterocycles. The summed E-state index contributed by atoms with van der Waals surface area (Å²) in [5.74, 6) is 6.29. The number of aromatic nitrogens is 2. The highest BCUT2D eigenvalue weighted by Gasteiger charge is 2.07. The highest BCUT2D eigenvalue weighted by atomic mass is 35.5. The second-order valence-electron chi connectivity index (χ2n) is 3.26. The molecule has 88 valence electrons. The van der Waals surface area contributed by atoms with E-state index in [9.17, 15) is 0 Å². The first-order valence-corrected chi connectivity index (χ1v) is 5.26. The van der Waals surface area contributed by atoms with Crippen molar-refractivity contribution in [2.24, 2.45) is 5.84 Å². The molecular weight excluding hydrogens is 240 g/mol. The highest BCUT2D eigenvalue weighted by molar-refractivity contribution is 6.33. The molecule has 0 atom stereocenters. The summed E-state index contributed by atoms with van der Waals surface area (Å²) in [6.07, 6.45) is 1.61. The SMILES string of the molecule is COc1ccc(-c2ccnc(NN)n2)c(Cl)c1. The molecule has 0 amide bonds. The van der Waals surface area contributed by atoms with Crippen LogP contribution in [0, 0.1) is 0 Å². The Balaban J connectivity index is 2.45. The molecule has 0 aliphatic rings. The smallest absolute Gasteiger partial charge is 0.237 e. The normalized spacial score (nSPS) is 10.1. The second kappa shape index (κ2) is 4.99. The van der Waals surface area contributed by atoms with E-state index in [1.54, 1.807) is 25.4 Å². The second-order valence-corrected chi connectivity index (χ2v) is 3.66. The summed E-state index contributed by atoms with van der Waals surface area (Å²) in [5.41, 5.74) is 3.88. The van der Waals surface area contributed by atoms with Crippen LogP contribution < -0.4 is 16.0 Å². The number of ether oxygens (including phenoxy) is 1. The molecule has 3 N–H and O–H groups in total. The Kier molecular flexibility index (Phi) is 3.41. The monoisotopic (exact) mass is 250 g/mol. The Bertz CT molecular complexity index is 533. The summed E-state index contributed by atoms with van der Waals surface area (Å²) in [7, 11) is 1.59. The molecule has 0 radical (unpaired) electrons. The molecule has 0 aliphatic carbocycles. The van der Waals surface area contributed by atoms with Crippen molar-refractivity contribution in [3.8, 4) is 17.0 Å². The zero-order valence-electron chi connectivity index (χ0n) is 9.14. The lowest BCUT2D eigenvalue weighted by atomic mass is 10.1. The maximum absolute atomic E-state index is 6.15. The minimum Gasteiger partial charge on any atom is -0.497 e. The van der Waals surface area contributed by atoms with Crippen LogP contribution in [0.3, 0.4) is 0 Å². The zero-order valence-corrected chi connectivity index (χ0v) is 9.90. The molecule has 1 heterocycles. The molecule has 1 aromatic heterocycles. The van der Waals surface area contributed by atoms with Gasteiger partial charge < -0.3 is 4.74 Å². The number of methoxy groups -OCH3 is 1. The predicted octanol–water partition coefficient (Wildman–Crippen LogP) is 2.09. The Labute approximate surface area is 104 Å². The Hall–Kier alpha value is -1.85. The van der Waals surface area contributed by atoms with Crippen molar-refractivity contribution < 1.29 is 4.74 Å². The molecule has 2 rings (SSSR count). The largest absolute Gasteiger partial charge is 0.497 e. The van der Waals surface area contributed by atoms with Gasteiger partial charge in [0.05, 0.1) is 17.8 Å². The third-order valence-corrected chi connectivity index (χ3v) is 2.55. The first-order chi connectivity index (χ1) is 8.24. The summed E-state index contributed by atoms with van der Waals surface area (Å²) in [5, 5.41) is 0.561. The van der Waals surface area contributed by atoms with Crippen molar-refractivity contribution in [3.05, 3.63) is 35.5 Å². The third kappa shape index (κ3) is 2.46. The van der Waals surface area contributed by atoms with Crippen molar-refractivity contribution in [2.75, 3.05) is 12.5 Å². The van der Waals surface area contributed by atoms with E-state index in [4.69, 9.17) is 22.2 Å². The number of benzene rings is 1. The Morgan fingerprint density at radius 3 is 2.82 bits per heavy atom. The minimum atomic E-state index is 0.342. The van der Waals surface area contributed by atoms with E-state index in [0.717, 1.165) is 5.56 Å². The van der Waals surface area contributed by atoms with E-state index in [1.165, 1.54) is 0 Å². The number of nitrogens with one attached hydrogen (secondary N) is 1. The molecular formula is C11H11ClN4O. The number of nitrogen functional groups attached to an aromatic ring is 1. The predicted molar refractivity (Wildman–Crippen MR) is 66.8 cm³/mol. The van der Waals surface area contributed by atoms with Gasteiger partial charge in [-0.1, -0.05) is 11.6 Å². The van der Waals surface area contributed by atoms with Gasteiger partial charge in [0.15, 0.2) is 0 Å². The maximum atomic E-state index is 6.15. The van der Waals surface area contributed by atoms with Gasteiger partial charge in [-0.3, -0.25) is 5.43 Å². The van der Waals surface area contributed by atoms with E-state index < -0.39 is 0 Å². The summed E-state index contributed by atoms with van der Waals surface area (Å²) in [6, 6.07) is 7.14. The molecule has 1 aromatic carbocycles. The third-order valence-electron chi connectivity index (χ3n) is 2.24. The molecule has 0 spiro atoms. The average molecular weight is 251 g/mol. The molecule has 2 aromatic rings. The minimum absolute atomic E-state index is 0.342. The van der Waals surface area contributed by atoms with Crippen molar-refractivity contribution in [3.63, 3.8) is 0 Å². The first-order valence-electron chi connectivity index (χ1n) is 4.88. The topological polar surface area (TPSA) is 73.1 Å². The van der Waals surface area contributed by atoms with Crippen molar-refractivity contribution in [1.82, 2.24) is 9.97 Å². The number of hydrazine groups is 1. The lowest BCUT2D eigenvalue weighted by molar-refractivity contribution is 0.415. The fourth-order valence-corrected chi connectivity index (χ4v) is 1.68. The quantitative estimate of drug-likeness (QED) is 0.645. The van der Waals surface area contributed by atoms with E-state index in [2.05, 4.69) is 15.4 Å². The summed E-state index contributed by atoms with van der Waals surface area (Å²) >= 11 is 6.15. The van der Waals surface area contributed by atoms with Gasteiger partial charge in [-0.2, -0.15) is 0 Å². The highest BCUT2D eigenvalue weighted by Crippen LogP contribution is 2.29. The van der Waals surface area contributed by atoms with E-state index in [0.29, 0.717) is 22.4 Å². The van der Waals surface area contributed by atoms with Crippen LogP contribution in [0.2, 0.25) is 5.02 Å². The number of hydrogen-bond acceptors (Lipinski definition) is 5. The molecule has 5 nitrogen and oxygen atoms in total. The molecule has 17 heavy (non-hydrogen) atoms. The number of halogens is 1. The van der Waals surface area contributed by atoms with Crippen LogP contribution in [-0.2, 0) is 0 Å². The van der Waals surface area contributed by atoms with Gasteiger partial charge in [0.2, 0.25) is 5.95 Å². The van der Waals surface area contributed by atoms with Gasteiger partial charge in [-0.05, 0) is 24.3 Å². The number of hydrogen-bond donors (Lipinski definition) is 2. The standard InChI is InChI=1S/C11H11ClN4O/c1-17-7-2-3-8(9(12)6-7)10-4-5-14-11(15-10)16-13/h2-6H,13H2,1H3,(H,14,15,16). The number of nitrogens with zero attached hydrogens (tertiary/aromatic N) is 2. The average Bonchev–Trinajstić information content (AvgIpc) is 2.38. The van der Waals surface area contributed by atoms with Gasteiger partial charge in [-0.15, -0.1) is 0 Å². The zero-order chi connectivity index (χ0) is 12.3. The van der Waals surface area contributed by atoms with Crippen LogP contribution in [0.25, 0.3) is 11.3 Å². The van der Waals surface area contributed by atoms with Crippen molar-refractivity contribution in [2.45, 2.75) is 0 Å². The first kappa shape index (κ1) is 11.6. The fraction of sp³-hybridized carbons (Fsp3) is 0.0909. The van der Waals surface area contributed by atoms with E-state index in [-0.39, 0.29) is 0 Å². The molecule has 0 unspecified atom stereocenters. The van der Waals surface area contributed by atoms with Gasteiger partial charge in [0.1, 0.15) is 5.75 Å². The molecule has 0 saturated heterocycles. The van der Waals surface area contributed by atoms with Crippen molar-refractivity contribution in [1.29, 1.82) is 0 Å². The van der Waals surface area contributed by atoms with Crippen LogP contribution in [0.15, 0.2) is 30.5 Å². The van der Waals surface area contributed by atoms with Gasteiger partial charge in [0.25, 0.3) is 0 Å². The van der Waals surface area contributed by atoms with Crippen LogP contribution in [0.4, 0.5) is 5.95 Å². The molecule has 0 fully saturated rings. The van der Waals surface area contributed by atoms with Gasteiger partial charge in [0, 0.05) is 11.8 Å². The van der Waals surface area contributed by atoms with E-state index in [1.807, 2.05) is 12.1 Å². The number of anilines is 1. The lowest BCUT2D eigenvalue weighted by Crippen LogP contribution is -2.10. The van der Waals surface area contributed by atoms with Crippen molar-refractivity contribution >= 4 is 17.5 Å². The van der Waals surface area contributed by atoms with Gasteiger partial charge in [-0.25, -0.2) is 15.8 Å². The summed E-state index contributed by atoms with van der Waals surface area (Å²) in [4.78, 5) is 8.14.